The number of nitrogens with zero attached hydrogens (tertiary/aromatic N) is 5. The second kappa shape index (κ2) is 5.52. The van der Waals surface area contributed by atoms with E-state index in [1.807, 2.05) is 19.2 Å². The molecule has 158 valence electrons. The molecule has 2 spiro atoms. The molecule has 2 bridgehead atoms. The number of aryl methyl sites for hydroxylation is 1. The minimum atomic E-state index is -0.438. The fourth-order valence-electron chi connectivity index (χ4n) is 5.53. The van der Waals surface area contributed by atoms with Crippen molar-refractivity contribution in [1.82, 2.24) is 24.9 Å². The Morgan fingerprint density at radius 3 is 3.03 bits per heavy atom. The Labute approximate surface area is 177 Å². The molecule has 1 N–H and O–H groups in total. The van der Waals surface area contributed by atoms with Crippen LogP contribution in [0.2, 0.25) is 0 Å². The summed E-state index contributed by atoms with van der Waals surface area (Å²) in [5.74, 6) is 1.06. The normalized spacial score (nSPS) is 27.5. The fourth-order valence-corrected chi connectivity index (χ4v) is 5.53. The fraction of sp³-hybridized carbons (Fsp3) is 0.455. The van der Waals surface area contributed by atoms with E-state index >= 15 is 0 Å². The number of amides is 1. The van der Waals surface area contributed by atoms with Crippen LogP contribution in [0, 0.1) is 18.7 Å². The zero-order valence-electron chi connectivity index (χ0n) is 17.1. The number of piperidine rings is 1. The number of aromatic nitrogens is 4. The van der Waals surface area contributed by atoms with Crippen molar-refractivity contribution in [3.05, 3.63) is 47.2 Å². The molecule has 9 heteroatoms. The highest BCUT2D eigenvalue weighted by Gasteiger charge is 2.65. The minimum Gasteiger partial charge on any atom is -0.475 e. The molecular weight excluding hydrogens is 399 g/mol. The molecule has 2 atom stereocenters. The van der Waals surface area contributed by atoms with Crippen LogP contribution in [-0.4, -0.2) is 44.2 Å². The highest BCUT2D eigenvalue weighted by molar-refractivity contribution is 6.01. The monoisotopic (exact) mass is 420 g/mol. The number of carbonyl (C=O) groups is 1. The molecule has 0 aromatic carbocycles. The van der Waals surface area contributed by atoms with E-state index in [4.69, 9.17) is 9.72 Å². The van der Waals surface area contributed by atoms with Crippen LogP contribution < -0.4 is 15.0 Å². The van der Waals surface area contributed by atoms with E-state index in [0.717, 1.165) is 43.6 Å². The van der Waals surface area contributed by atoms with E-state index in [2.05, 4.69) is 20.3 Å². The second-order valence-electron chi connectivity index (χ2n) is 9.31. The lowest BCUT2D eigenvalue weighted by Crippen LogP contribution is -2.41. The molecule has 1 saturated heterocycles. The van der Waals surface area contributed by atoms with Crippen LogP contribution in [0.3, 0.4) is 0 Å². The summed E-state index contributed by atoms with van der Waals surface area (Å²) >= 11 is 0. The summed E-state index contributed by atoms with van der Waals surface area (Å²) in [7, 11) is 0. The molecule has 0 unspecified atom stereocenters. The second-order valence-corrected chi connectivity index (χ2v) is 9.31. The number of hydrogen-bond acceptors (Lipinski definition) is 6. The topological polar surface area (TPSA) is 84.7 Å². The molecular formula is C22H21FN6O2. The molecule has 3 fully saturated rings. The Kier molecular flexibility index (Phi) is 3.11. The van der Waals surface area contributed by atoms with Crippen LogP contribution in [-0.2, 0) is 5.54 Å². The van der Waals surface area contributed by atoms with Crippen LogP contribution in [0.4, 0.5) is 10.2 Å². The Morgan fingerprint density at radius 1 is 1.35 bits per heavy atom. The average Bonchev–Trinajstić information content (AvgIpc) is 3.61. The van der Waals surface area contributed by atoms with Crippen molar-refractivity contribution >= 4 is 17.4 Å². The predicted molar refractivity (Wildman–Crippen MR) is 109 cm³/mol. The van der Waals surface area contributed by atoms with Gasteiger partial charge >= 0.3 is 0 Å². The Balaban J connectivity index is 1.47. The van der Waals surface area contributed by atoms with Crippen molar-refractivity contribution in [2.45, 2.75) is 43.7 Å². The SMILES string of the molecule is Cc1nn2ccc3nc2c1C(=O)NC1(CC1)COc1ncc(F)cc1[C@@]12C[C@@H]1CCN32. The zero-order valence-corrected chi connectivity index (χ0v) is 17.1. The maximum atomic E-state index is 14.3. The van der Waals surface area contributed by atoms with Gasteiger partial charge in [-0.2, -0.15) is 5.10 Å². The van der Waals surface area contributed by atoms with Gasteiger partial charge in [0.25, 0.3) is 5.91 Å². The standard InChI is InChI=1S/C22H21FN6O2/c1-12-17-18-25-16(3-7-29(18)27-12)28-6-2-13-9-22(13,28)15-8-14(23)10-24-20(15)31-11-21(4-5-21)26-19(17)30/h3,7-8,10,13H,2,4-6,9,11H2,1H3,(H,26,30)/t13-,22+/m0/s1. The van der Waals surface area contributed by atoms with Gasteiger partial charge in [-0.3, -0.25) is 4.79 Å². The zero-order chi connectivity index (χ0) is 21.0. The maximum Gasteiger partial charge on any atom is 0.257 e. The van der Waals surface area contributed by atoms with Gasteiger partial charge in [-0.15, -0.1) is 0 Å². The van der Waals surface area contributed by atoms with Crippen LogP contribution in [0.25, 0.3) is 5.65 Å². The van der Waals surface area contributed by atoms with E-state index in [1.54, 1.807) is 10.6 Å². The third-order valence-corrected chi connectivity index (χ3v) is 7.41. The number of rotatable bonds is 0. The summed E-state index contributed by atoms with van der Waals surface area (Å²) in [6.07, 6.45) is 6.61. The first-order chi connectivity index (χ1) is 15.0. The number of hydrogen-bond donors (Lipinski definition) is 1. The van der Waals surface area contributed by atoms with Crippen molar-refractivity contribution in [1.29, 1.82) is 0 Å². The highest BCUT2D eigenvalue weighted by Crippen LogP contribution is 2.64. The average molecular weight is 420 g/mol. The maximum absolute atomic E-state index is 14.3. The molecule has 8 nitrogen and oxygen atoms in total. The molecule has 1 amide bonds. The number of fused-ring (bicyclic) bond motifs is 3. The van der Waals surface area contributed by atoms with E-state index in [-0.39, 0.29) is 17.3 Å². The summed E-state index contributed by atoms with van der Waals surface area (Å²) in [5, 5.41) is 7.63. The summed E-state index contributed by atoms with van der Waals surface area (Å²) in [6, 6.07) is 3.48. The van der Waals surface area contributed by atoms with Gasteiger partial charge in [0.2, 0.25) is 5.88 Å². The summed E-state index contributed by atoms with van der Waals surface area (Å²) < 4.78 is 22.1. The summed E-state index contributed by atoms with van der Waals surface area (Å²) in [5.41, 5.74) is 1.65. The molecule has 2 aliphatic carbocycles. The van der Waals surface area contributed by atoms with Gasteiger partial charge in [0.1, 0.15) is 23.8 Å². The molecule has 3 aromatic rings. The van der Waals surface area contributed by atoms with E-state index < -0.39 is 5.54 Å². The number of halogens is 1. The number of pyridine rings is 1. The lowest BCUT2D eigenvalue weighted by atomic mass is 10.0. The molecule has 7 rings (SSSR count). The smallest absolute Gasteiger partial charge is 0.257 e. The van der Waals surface area contributed by atoms with Crippen LogP contribution in [0.15, 0.2) is 24.5 Å². The van der Waals surface area contributed by atoms with E-state index in [1.165, 1.54) is 6.20 Å². The van der Waals surface area contributed by atoms with Crippen molar-refractivity contribution in [3.63, 3.8) is 0 Å². The Hall–Kier alpha value is -3.23. The van der Waals surface area contributed by atoms with Gasteiger partial charge in [0.15, 0.2) is 5.65 Å². The van der Waals surface area contributed by atoms with Crippen molar-refractivity contribution in [2.24, 2.45) is 5.92 Å². The van der Waals surface area contributed by atoms with Gasteiger partial charge in [-0.25, -0.2) is 18.9 Å². The minimum absolute atomic E-state index is 0.190. The van der Waals surface area contributed by atoms with Crippen LogP contribution >= 0.6 is 0 Å². The first-order valence-corrected chi connectivity index (χ1v) is 10.7. The molecule has 3 aromatic heterocycles. The summed E-state index contributed by atoms with van der Waals surface area (Å²) in [4.78, 5) is 24.6. The first-order valence-electron chi connectivity index (χ1n) is 10.7. The van der Waals surface area contributed by atoms with Crippen molar-refractivity contribution in [2.75, 3.05) is 18.1 Å². The Morgan fingerprint density at radius 2 is 2.23 bits per heavy atom. The first kappa shape index (κ1) is 17.5. The van der Waals surface area contributed by atoms with Crippen LogP contribution in [0.1, 0.15) is 47.3 Å². The van der Waals surface area contributed by atoms with Gasteiger partial charge in [0, 0.05) is 18.3 Å². The quantitative estimate of drug-likeness (QED) is 0.601. The molecule has 4 aliphatic rings. The number of ether oxygens (including phenoxy) is 1. The largest absolute Gasteiger partial charge is 0.475 e. The molecule has 5 heterocycles. The third kappa shape index (κ3) is 2.29. The van der Waals surface area contributed by atoms with E-state index in [9.17, 15) is 9.18 Å². The van der Waals surface area contributed by atoms with E-state index in [0.29, 0.717) is 35.3 Å². The van der Waals surface area contributed by atoms with Crippen LogP contribution in [0.5, 0.6) is 5.88 Å². The number of carbonyl (C=O) groups excluding carboxylic acids is 1. The van der Waals surface area contributed by atoms with Gasteiger partial charge in [-0.05, 0) is 50.7 Å². The molecule has 2 aliphatic heterocycles. The third-order valence-electron chi connectivity index (χ3n) is 7.41. The Bertz CT molecular complexity index is 1280. The molecule has 31 heavy (non-hydrogen) atoms. The predicted octanol–water partition coefficient (Wildman–Crippen LogP) is 2.35. The highest BCUT2D eigenvalue weighted by atomic mass is 19.1. The number of anilines is 1. The van der Waals surface area contributed by atoms with Gasteiger partial charge < -0.3 is 15.0 Å². The van der Waals surface area contributed by atoms with Crippen molar-refractivity contribution < 1.29 is 13.9 Å². The van der Waals surface area contributed by atoms with Gasteiger partial charge in [0.05, 0.1) is 23.0 Å². The lowest BCUT2D eigenvalue weighted by molar-refractivity contribution is 0.0912. The van der Waals surface area contributed by atoms with Gasteiger partial charge in [-0.1, -0.05) is 0 Å². The summed E-state index contributed by atoms with van der Waals surface area (Å²) in [6.45, 7) is 2.94. The number of nitrogens with one attached hydrogen (secondary N) is 1. The lowest BCUT2D eigenvalue weighted by Gasteiger charge is -2.31. The molecule has 2 saturated carbocycles. The van der Waals surface area contributed by atoms with Crippen molar-refractivity contribution in [3.8, 4) is 5.88 Å². The molecule has 0 radical (unpaired) electrons.